The largest absolute Gasteiger partial charge is 0.417 e. The lowest BCUT2D eigenvalue weighted by Gasteiger charge is -2.01. The number of H-pyrrole nitrogens is 1. The monoisotopic (exact) mass is 346 g/mol. The Morgan fingerprint density at radius 1 is 1.19 bits per heavy atom. The zero-order chi connectivity index (χ0) is 17.9. The average Bonchev–Trinajstić information content (AvgIpc) is 3.26. The van der Waals surface area contributed by atoms with Gasteiger partial charge in [-0.25, -0.2) is 9.48 Å². The van der Waals surface area contributed by atoms with Crippen molar-refractivity contribution in [3.63, 3.8) is 0 Å². The highest BCUT2D eigenvalue weighted by molar-refractivity contribution is 6.02. The van der Waals surface area contributed by atoms with Crippen LogP contribution in [0.15, 0.2) is 76.2 Å². The molecule has 2 N–H and O–H groups in total. The van der Waals surface area contributed by atoms with Gasteiger partial charge in [0.15, 0.2) is 5.58 Å². The second kappa shape index (κ2) is 6.56. The van der Waals surface area contributed by atoms with Crippen LogP contribution in [-0.4, -0.2) is 20.7 Å². The number of carbonyl (C=O) groups excluding carboxylic acids is 1. The summed E-state index contributed by atoms with van der Waals surface area (Å²) in [4.78, 5) is 25.8. The number of hydrogen-bond donors (Lipinski definition) is 2. The predicted octanol–water partition coefficient (Wildman–Crippen LogP) is 2.96. The van der Waals surface area contributed by atoms with Crippen molar-refractivity contribution in [3.8, 4) is 5.69 Å². The zero-order valence-electron chi connectivity index (χ0n) is 13.5. The first kappa shape index (κ1) is 15.6. The SMILES string of the molecule is O=C(/C=C/c1cnn(-c2ccccc2)c1)Nc1ccc2oc(=O)[nH]c2c1. The van der Waals surface area contributed by atoms with Gasteiger partial charge in [0, 0.05) is 23.5 Å². The molecule has 0 spiro atoms. The van der Waals surface area contributed by atoms with E-state index in [-0.39, 0.29) is 5.91 Å². The Hall–Kier alpha value is -3.87. The molecule has 0 unspecified atom stereocenters. The zero-order valence-corrected chi connectivity index (χ0v) is 13.5. The van der Waals surface area contributed by atoms with Crippen LogP contribution < -0.4 is 11.1 Å². The summed E-state index contributed by atoms with van der Waals surface area (Å²) >= 11 is 0. The standard InChI is InChI=1S/C19H14N4O3/c24-18(21-14-7-8-17-16(10-14)22-19(25)26-17)9-6-13-11-20-23(12-13)15-4-2-1-3-5-15/h1-12H,(H,21,24)(H,22,25)/b9-6+. The van der Waals surface area contributed by atoms with Gasteiger partial charge in [0.05, 0.1) is 17.4 Å². The minimum absolute atomic E-state index is 0.289. The first-order valence-electron chi connectivity index (χ1n) is 7.89. The summed E-state index contributed by atoms with van der Waals surface area (Å²) in [5.74, 6) is -0.818. The van der Waals surface area contributed by atoms with Gasteiger partial charge in [0.2, 0.25) is 5.91 Å². The number of fused-ring (bicyclic) bond motifs is 1. The molecule has 0 bridgehead atoms. The van der Waals surface area contributed by atoms with Crippen LogP contribution in [0.2, 0.25) is 0 Å². The molecular weight excluding hydrogens is 332 g/mol. The second-order valence-electron chi connectivity index (χ2n) is 5.60. The van der Waals surface area contributed by atoms with E-state index in [0.29, 0.717) is 16.8 Å². The van der Waals surface area contributed by atoms with Gasteiger partial charge in [0.1, 0.15) is 0 Å². The molecule has 2 aromatic heterocycles. The van der Waals surface area contributed by atoms with Gasteiger partial charge in [-0.15, -0.1) is 0 Å². The van der Waals surface area contributed by atoms with E-state index < -0.39 is 5.76 Å². The summed E-state index contributed by atoms with van der Waals surface area (Å²) in [6, 6.07) is 14.6. The summed E-state index contributed by atoms with van der Waals surface area (Å²) in [6.45, 7) is 0. The summed E-state index contributed by atoms with van der Waals surface area (Å²) < 4.78 is 6.66. The van der Waals surface area contributed by atoms with E-state index in [1.54, 1.807) is 35.2 Å². The number of hydrogen-bond acceptors (Lipinski definition) is 4. The van der Waals surface area contributed by atoms with Crippen LogP contribution in [0.3, 0.4) is 0 Å². The van der Waals surface area contributed by atoms with Gasteiger partial charge < -0.3 is 9.73 Å². The van der Waals surface area contributed by atoms with E-state index in [2.05, 4.69) is 15.4 Å². The van der Waals surface area contributed by atoms with Crippen LogP contribution in [-0.2, 0) is 4.79 Å². The Kier molecular flexibility index (Phi) is 3.95. The number of rotatable bonds is 4. The quantitative estimate of drug-likeness (QED) is 0.556. The van der Waals surface area contributed by atoms with Gasteiger partial charge in [-0.1, -0.05) is 18.2 Å². The van der Waals surface area contributed by atoms with Crippen LogP contribution >= 0.6 is 0 Å². The number of carbonyl (C=O) groups is 1. The molecule has 7 nitrogen and oxygen atoms in total. The molecule has 7 heteroatoms. The molecular formula is C19H14N4O3. The Morgan fingerprint density at radius 2 is 2.04 bits per heavy atom. The summed E-state index contributed by atoms with van der Waals surface area (Å²) in [5.41, 5.74) is 3.28. The molecule has 0 aliphatic rings. The van der Waals surface area contributed by atoms with Crippen molar-refractivity contribution in [2.45, 2.75) is 0 Å². The highest BCUT2D eigenvalue weighted by Crippen LogP contribution is 2.16. The summed E-state index contributed by atoms with van der Waals surface area (Å²) in [7, 11) is 0. The third-order valence-corrected chi connectivity index (χ3v) is 3.74. The van der Waals surface area contributed by atoms with Crippen molar-refractivity contribution in [2.24, 2.45) is 0 Å². The first-order chi connectivity index (χ1) is 12.7. The number of amides is 1. The molecule has 0 fully saturated rings. The number of anilines is 1. The van der Waals surface area contributed by atoms with Gasteiger partial charge in [0.25, 0.3) is 0 Å². The summed E-state index contributed by atoms with van der Waals surface area (Å²) in [5, 5.41) is 7.01. The second-order valence-corrected chi connectivity index (χ2v) is 5.60. The van der Waals surface area contributed by atoms with Crippen molar-refractivity contribution in [2.75, 3.05) is 5.32 Å². The lowest BCUT2D eigenvalue weighted by Crippen LogP contribution is -2.07. The van der Waals surface area contributed by atoms with Gasteiger partial charge >= 0.3 is 5.76 Å². The number of oxazole rings is 1. The van der Waals surface area contributed by atoms with Crippen molar-refractivity contribution >= 4 is 28.8 Å². The molecule has 0 aliphatic carbocycles. The number of aromatic amines is 1. The van der Waals surface area contributed by atoms with E-state index >= 15 is 0 Å². The van der Waals surface area contributed by atoms with E-state index in [1.165, 1.54) is 6.08 Å². The van der Waals surface area contributed by atoms with E-state index in [0.717, 1.165) is 11.3 Å². The predicted molar refractivity (Wildman–Crippen MR) is 98.1 cm³/mol. The number of aromatic nitrogens is 3. The van der Waals surface area contributed by atoms with E-state index in [1.807, 2.05) is 36.5 Å². The fourth-order valence-corrected chi connectivity index (χ4v) is 2.53. The lowest BCUT2D eigenvalue weighted by molar-refractivity contribution is -0.111. The smallest absolute Gasteiger partial charge is 0.408 e. The first-order valence-corrected chi connectivity index (χ1v) is 7.89. The molecule has 0 saturated carbocycles. The Balaban J connectivity index is 1.45. The van der Waals surface area contributed by atoms with Crippen LogP contribution in [0.5, 0.6) is 0 Å². The van der Waals surface area contributed by atoms with Gasteiger partial charge in [-0.2, -0.15) is 5.10 Å². The molecule has 4 aromatic rings. The fourth-order valence-electron chi connectivity index (χ4n) is 2.53. The molecule has 26 heavy (non-hydrogen) atoms. The Morgan fingerprint density at radius 3 is 2.88 bits per heavy atom. The Labute approximate surface area is 147 Å². The molecule has 2 heterocycles. The average molecular weight is 346 g/mol. The van der Waals surface area contributed by atoms with Crippen molar-refractivity contribution in [1.29, 1.82) is 0 Å². The molecule has 128 valence electrons. The van der Waals surface area contributed by atoms with Crippen molar-refractivity contribution < 1.29 is 9.21 Å². The summed E-state index contributed by atoms with van der Waals surface area (Å²) in [6.07, 6.45) is 6.62. The number of nitrogens with zero attached hydrogens (tertiary/aromatic N) is 2. The lowest BCUT2D eigenvalue weighted by atomic mass is 10.2. The fraction of sp³-hybridized carbons (Fsp3) is 0. The number of benzene rings is 2. The van der Waals surface area contributed by atoms with E-state index in [9.17, 15) is 9.59 Å². The molecule has 4 rings (SSSR count). The van der Waals surface area contributed by atoms with Gasteiger partial charge in [-0.05, 0) is 36.4 Å². The highest BCUT2D eigenvalue weighted by atomic mass is 16.4. The third-order valence-electron chi connectivity index (χ3n) is 3.74. The molecule has 0 saturated heterocycles. The third kappa shape index (κ3) is 3.32. The maximum Gasteiger partial charge on any atom is 0.417 e. The maximum absolute atomic E-state index is 12.1. The maximum atomic E-state index is 12.1. The minimum Gasteiger partial charge on any atom is -0.408 e. The van der Waals surface area contributed by atoms with Gasteiger partial charge in [-0.3, -0.25) is 9.78 Å². The van der Waals surface area contributed by atoms with Crippen LogP contribution in [0.1, 0.15) is 5.56 Å². The van der Waals surface area contributed by atoms with Crippen LogP contribution in [0, 0.1) is 0 Å². The number of para-hydroxylation sites is 1. The topological polar surface area (TPSA) is 92.9 Å². The molecule has 1 amide bonds. The molecule has 0 aliphatic heterocycles. The molecule has 0 atom stereocenters. The molecule has 2 aromatic carbocycles. The van der Waals surface area contributed by atoms with E-state index in [4.69, 9.17) is 4.42 Å². The van der Waals surface area contributed by atoms with Crippen molar-refractivity contribution in [1.82, 2.24) is 14.8 Å². The molecule has 0 radical (unpaired) electrons. The highest BCUT2D eigenvalue weighted by Gasteiger charge is 2.04. The minimum atomic E-state index is -0.529. The van der Waals surface area contributed by atoms with Crippen molar-refractivity contribution in [3.05, 3.63) is 83.1 Å². The van der Waals surface area contributed by atoms with Crippen LogP contribution in [0.4, 0.5) is 5.69 Å². The van der Waals surface area contributed by atoms with Crippen LogP contribution in [0.25, 0.3) is 22.9 Å². The normalized spacial score (nSPS) is 11.2. The Bertz CT molecular complexity index is 1150. The number of nitrogens with one attached hydrogen (secondary N) is 2.